The van der Waals surface area contributed by atoms with E-state index in [2.05, 4.69) is 17.1 Å². The molecule has 1 aliphatic carbocycles. The molecule has 17 heavy (non-hydrogen) atoms. The van der Waals surface area contributed by atoms with Crippen LogP contribution in [0.4, 0.5) is 0 Å². The molecule has 1 fully saturated rings. The molecule has 0 amide bonds. The molecule has 0 saturated heterocycles. The zero-order valence-corrected chi connectivity index (χ0v) is 10.9. The van der Waals surface area contributed by atoms with Crippen LogP contribution >= 0.6 is 0 Å². The van der Waals surface area contributed by atoms with Gasteiger partial charge in [0.15, 0.2) is 5.82 Å². The van der Waals surface area contributed by atoms with E-state index in [9.17, 15) is 0 Å². The Labute approximate surface area is 102 Å². The summed E-state index contributed by atoms with van der Waals surface area (Å²) in [7, 11) is 3.98. The van der Waals surface area contributed by atoms with Crippen LogP contribution < -0.4 is 5.73 Å². The minimum absolute atomic E-state index is 0.129. The largest absolute Gasteiger partial charge is 0.339 e. The summed E-state index contributed by atoms with van der Waals surface area (Å²) in [5.74, 6) is 1.45. The fraction of sp³-hybridized carbons (Fsp3) is 0.833. The summed E-state index contributed by atoms with van der Waals surface area (Å²) in [5.41, 5.74) is 6.07. The normalized spacial score (nSPS) is 29.8. The molecule has 96 valence electrons. The van der Waals surface area contributed by atoms with Gasteiger partial charge in [-0.3, -0.25) is 0 Å². The molecule has 2 rings (SSSR count). The summed E-state index contributed by atoms with van der Waals surface area (Å²) in [6.07, 6.45) is 4.48. The molecule has 0 spiro atoms. The van der Waals surface area contributed by atoms with Crippen molar-refractivity contribution in [3.05, 3.63) is 11.7 Å². The van der Waals surface area contributed by atoms with Crippen molar-refractivity contribution in [2.75, 3.05) is 14.1 Å². The molecule has 5 nitrogen and oxygen atoms in total. The lowest BCUT2D eigenvalue weighted by atomic mass is 9.72. The smallest absolute Gasteiger partial charge is 0.234 e. The quantitative estimate of drug-likeness (QED) is 0.859. The highest BCUT2D eigenvalue weighted by Gasteiger charge is 2.40. The van der Waals surface area contributed by atoms with Crippen molar-refractivity contribution in [2.45, 2.75) is 50.6 Å². The Hall–Kier alpha value is -0.940. The number of nitrogens with two attached hydrogens (primary N) is 1. The predicted molar refractivity (Wildman–Crippen MR) is 65.5 cm³/mol. The monoisotopic (exact) mass is 238 g/mol. The summed E-state index contributed by atoms with van der Waals surface area (Å²) in [6.45, 7) is 2.85. The van der Waals surface area contributed by atoms with Crippen molar-refractivity contribution in [1.82, 2.24) is 15.0 Å². The van der Waals surface area contributed by atoms with Crippen molar-refractivity contribution in [3.63, 3.8) is 0 Å². The third-order valence-electron chi connectivity index (χ3n) is 3.69. The van der Waals surface area contributed by atoms with Crippen molar-refractivity contribution in [3.8, 4) is 0 Å². The molecule has 1 aliphatic rings. The topological polar surface area (TPSA) is 68.2 Å². The van der Waals surface area contributed by atoms with E-state index in [4.69, 9.17) is 10.3 Å². The Morgan fingerprint density at radius 2 is 2.24 bits per heavy atom. The Balaban J connectivity index is 2.17. The lowest BCUT2D eigenvalue weighted by molar-refractivity contribution is 0.202. The SMILES string of the molecule is CN(C)Cc1noc(C2(C)CCCCC2N)n1. The first kappa shape index (κ1) is 12.5. The van der Waals surface area contributed by atoms with Gasteiger partial charge in [0.25, 0.3) is 0 Å². The molecule has 1 aromatic rings. The molecule has 1 saturated carbocycles. The average molecular weight is 238 g/mol. The highest BCUT2D eigenvalue weighted by Crippen LogP contribution is 2.37. The van der Waals surface area contributed by atoms with Crippen LogP contribution in [0.5, 0.6) is 0 Å². The number of hydrogen-bond donors (Lipinski definition) is 1. The lowest BCUT2D eigenvalue weighted by Crippen LogP contribution is -2.45. The summed E-state index contributed by atoms with van der Waals surface area (Å²) in [5, 5.41) is 4.03. The second kappa shape index (κ2) is 4.74. The minimum Gasteiger partial charge on any atom is -0.339 e. The molecule has 0 aliphatic heterocycles. The fourth-order valence-corrected chi connectivity index (χ4v) is 2.46. The first-order chi connectivity index (χ1) is 8.02. The van der Waals surface area contributed by atoms with Crippen LogP contribution in [0.15, 0.2) is 4.52 Å². The van der Waals surface area contributed by atoms with E-state index in [0.717, 1.165) is 18.7 Å². The maximum Gasteiger partial charge on any atom is 0.234 e. The lowest BCUT2D eigenvalue weighted by Gasteiger charge is -2.35. The molecular formula is C12H22N4O. The summed E-state index contributed by atoms with van der Waals surface area (Å²) in [4.78, 5) is 6.52. The van der Waals surface area contributed by atoms with E-state index in [1.807, 2.05) is 19.0 Å². The zero-order chi connectivity index (χ0) is 12.5. The van der Waals surface area contributed by atoms with Crippen molar-refractivity contribution in [1.29, 1.82) is 0 Å². The van der Waals surface area contributed by atoms with Crippen LogP contribution in [0, 0.1) is 0 Å². The highest BCUT2D eigenvalue weighted by atomic mass is 16.5. The zero-order valence-electron chi connectivity index (χ0n) is 10.9. The second-order valence-corrected chi connectivity index (χ2v) is 5.52. The van der Waals surface area contributed by atoms with Gasteiger partial charge >= 0.3 is 0 Å². The highest BCUT2D eigenvalue weighted by molar-refractivity contribution is 5.10. The van der Waals surface area contributed by atoms with Crippen molar-refractivity contribution < 1.29 is 4.52 Å². The Morgan fingerprint density at radius 1 is 1.47 bits per heavy atom. The Morgan fingerprint density at radius 3 is 2.88 bits per heavy atom. The molecule has 1 heterocycles. The van der Waals surface area contributed by atoms with Gasteiger partial charge in [0.1, 0.15) is 0 Å². The fourth-order valence-electron chi connectivity index (χ4n) is 2.46. The van der Waals surface area contributed by atoms with Crippen LogP contribution in [0.25, 0.3) is 0 Å². The molecule has 2 N–H and O–H groups in total. The van der Waals surface area contributed by atoms with Gasteiger partial charge in [-0.1, -0.05) is 18.0 Å². The number of aromatic nitrogens is 2. The average Bonchev–Trinajstić information content (AvgIpc) is 2.70. The first-order valence-corrected chi connectivity index (χ1v) is 6.26. The minimum atomic E-state index is -0.143. The summed E-state index contributed by atoms with van der Waals surface area (Å²) >= 11 is 0. The maximum atomic E-state index is 6.22. The molecule has 1 aromatic heterocycles. The van der Waals surface area contributed by atoms with Crippen LogP contribution in [-0.4, -0.2) is 35.2 Å². The third-order valence-corrected chi connectivity index (χ3v) is 3.69. The first-order valence-electron chi connectivity index (χ1n) is 6.26. The standard InChI is InChI=1S/C12H22N4O/c1-12(7-5-4-6-9(12)13)11-14-10(15-17-11)8-16(2)3/h9H,4-8,13H2,1-3H3. The van der Waals surface area contributed by atoms with Gasteiger partial charge in [-0.2, -0.15) is 4.98 Å². The number of nitrogens with zero attached hydrogens (tertiary/aromatic N) is 3. The molecule has 0 aromatic carbocycles. The van der Waals surface area contributed by atoms with Gasteiger partial charge in [-0.25, -0.2) is 0 Å². The van der Waals surface area contributed by atoms with Crippen LogP contribution in [0.1, 0.15) is 44.3 Å². The van der Waals surface area contributed by atoms with Crippen molar-refractivity contribution >= 4 is 0 Å². The Bertz CT molecular complexity index is 376. The van der Waals surface area contributed by atoms with Gasteiger partial charge < -0.3 is 15.2 Å². The van der Waals surface area contributed by atoms with Crippen LogP contribution in [0.3, 0.4) is 0 Å². The molecule has 0 radical (unpaired) electrons. The summed E-state index contributed by atoms with van der Waals surface area (Å²) in [6, 6.07) is 0.129. The van der Waals surface area contributed by atoms with Crippen LogP contribution in [0.2, 0.25) is 0 Å². The maximum absolute atomic E-state index is 6.22. The van der Waals surface area contributed by atoms with E-state index in [1.165, 1.54) is 12.8 Å². The van der Waals surface area contributed by atoms with Gasteiger partial charge in [-0.05, 0) is 33.9 Å². The van der Waals surface area contributed by atoms with Gasteiger partial charge in [0, 0.05) is 6.04 Å². The van der Waals surface area contributed by atoms with Gasteiger partial charge in [0.05, 0.1) is 12.0 Å². The van der Waals surface area contributed by atoms with E-state index in [-0.39, 0.29) is 11.5 Å². The van der Waals surface area contributed by atoms with E-state index in [0.29, 0.717) is 12.4 Å². The van der Waals surface area contributed by atoms with Gasteiger partial charge in [0.2, 0.25) is 5.89 Å². The van der Waals surface area contributed by atoms with Crippen LogP contribution in [-0.2, 0) is 12.0 Å². The predicted octanol–water partition coefficient (Wildman–Crippen LogP) is 1.29. The van der Waals surface area contributed by atoms with Gasteiger partial charge in [-0.15, -0.1) is 0 Å². The van der Waals surface area contributed by atoms with Crippen molar-refractivity contribution in [2.24, 2.45) is 5.73 Å². The number of rotatable bonds is 3. The van der Waals surface area contributed by atoms with E-state index >= 15 is 0 Å². The molecule has 2 unspecified atom stereocenters. The van der Waals surface area contributed by atoms with E-state index in [1.54, 1.807) is 0 Å². The molecule has 5 heteroatoms. The third kappa shape index (κ3) is 2.50. The number of hydrogen-bond acceptors (Lipinski definition) is 5. The summed E-state index contributed by atoms with van der Waals surface area (Å²) < 4.78 is 5.41. The Kier molecular flexibility index (Phi) is 3.49. The van der Waals surface area contributed by atoms with E-state index < -0.39 is 0 Å². The second-order valence-electron chi connectivity index (χ2n) is 5.52. The molecule has 0 bridgehead atoms. The molecule has 2 atom stereocenters. The molecular weight excluding hydrogens is 216 g/mol.